The number of aromatic nitrogens is 2. The van der Waals surface area contributed by atoms with Crippen LogP contribution in [0.4, 0.5) is 18.0 Å². The smallest absolute Gasteiger partial charge is 0.408 e. The predicted molar refractivity (Wildman–Crippen MR) is 183 cm³/mol. The van der Waals surface area contributed by atoms with Gasteiger partial charge in [0.25, 0.3) is 0 Å². The van der Waals surface area contributed by atoms with Crippen molar-refractivity contribution in [1.29, 1.82) is 0 Å². The first-order valence-electron chi connectivity index (χ1n) is 16.9. The molecule has 3 aromatic carbocycles. The molecule has 2 amide bonds. The fourth-order valence-corrected chi connectivity index (χ4v) is 6.81. The lowest BCUT2D eigenvalue weighted by molar-refractivity contribution is -0.186. The predicted octanol–water partition coefficient (Wildman–Crippen LogP) is 8.05. The summed E-state index contributed by atoms with van der Waals surface area (Å²) in [6.07, 6.45) is -2.19. The third-order valence-electron chi connectivity index (χ3n) is 9.21. The lowest BCUT2D eigenvalue weighted by atomic mass is 9.76. The van der Waals surface area contributed by atoms with Crippen molar-refractivity contribution in [2.75, 3.05) is 13.1 Å². The van der Waals surface area contributed by atoms with Gasteiger partial charge in [-0.25, -0.2) is 9.78 Å². The topological polar surface area (TPSA) is 76.5 Å². The number of hydrogen-bond donors (Lipinski definition) is 1. The Morgan fingerprint density at radius 3 is 1.80 bits per heavy atom. The quantitative estimate of drug-likeness (QED) is 0.173. The third-order valence-corrected chi connectivity index (χ3v) is 9.21. The highest BCUT2D eigenvalue weighted by Crippen LogP contribution is 2.42. The molecule has 1 N–H and O–H groups in total. The van der Waals surface area contributed by atoms with Crippen LogP contribution < -0.4 is 5.32 Å². The van der Waals surface area contributed by atoms with Gasteiger partial charge in [0.1, 0.15) is 17.2 Å². The Hall–Kier alpha value is -4.60. The molecule has 260 valence electrons. The van der Waals surface area contributed by atoms with E-state index in [9.17, 15) is 22.8 Å². The fourth-order valence-electron chi connectivity index (χ4n) is 6.81. The van der Waals surface area contributed by atoms with Crippen LogP contribution in [0.15, 0.2) is 97.3 Å². The molecule has 1 fully saturated rings. The second kappa shape index (κ2) is 14.9. The summed E-state index contributed by atoms with van der Waals surface area (Å²) in [5.41, 5.74) is 3.51. The molecular formula is C39H45F3N4O3. The molecule has 0 radical (unpaired) electrons. The number of aryl methyl sites for hydroxylation is 1. The highest BCUT2D eigenvalue weighted by molar-refractivity contribution is 5.85. The Balaban J connectivity index is 1.41. The lowest BCUT2D eigenvalue weighted by Crippen LogP contribution is -2.52. The van der Waals surface area contributed by atoms with Gasteiger partial charge in [-0.1, -0.05) is 91.0 Å². The SMILES string of the molecule is Cc1c(CCC[C@H](NC(=O)OC(C)(C)C)C(=O)N2CCC(C(F)(F)F)CC2)ncn1C(c1ccccc1)(c1ccccc1)c1ccccc1. The van der Waals surface area contributed by atoms with E-state index in [1.807, 2.05) is 67.8 Å². The number of alkyl halides is 3. The summed E-state index contributed by atoms with van der Waals surface area (Å²) < 4.78 is 47.5. The summed E-state index contributed by atoms with van der Waals surface area (Å²) in [7, 11) is 0. The maximum absolute atomic E-state index is 13.6. The summed E-state index contributed by atoms with van der Waals surface area (Å²) in [6.45, 7) is 7.19. The van der Waals surface area contributed by atoms with Crippen molar-refractivity contribution < 1.29 is 27.5 Å². The van der Waals surface area contributed by atoms with Crippen molar-refractivity contribution in [3.05, 3.63) is 125 Å². The second-order valence-corrected chi connectivity index (χ2v) is 13.7. The number of imidazole rings is 1. The maximum Gasteiger partial charge on any atom is 0.408 e. The standard InChI is InChI=1S/C39H45F3N4O3/c1-28-33(21-14-22-34(44-36(48)49-37(2,3)4)35(47)45-25-23-32(24-26-45)39(40,41)42)43-27-46(28)38(29-15-8-5-9-16-29,30-17-10-6-11-18-30)31-19-12-7-13-20-31/h5-13,15-20,27,32,34H,14,21-26H2,1-4H3,(H,44,48)/t34-/m0/s1. The zero-order chi connectivity index (χ0) is 35.2. The minimum Gasteiger partial charge on any atom is -0.444 e. The molecule has 0 unspecified atom stereocenters. The number of carbonyl (C=O) groups is 2. The highest BCUT2D eigenvalue weighted by atomic mass is 19.4. The number of benzene rings is 3. The number of ether oxygens (including phenoxy) is 1. The van der Waals surface area contributed by atoms with Gasteiger partial charge in [0.05, 0.1) is 17.9 Å². The summed E-state index contributed by atoms with van der Waals surface area (Å²) in [4.78, 5) is 32.7. The fraction of sp³-hybridized carbons (Fsp3) is 0.410. The zero-order valence-corrected chi connectivity index (χ0v) is 28.5. The van der Waals surface area contributed by atoms with E-state index in [0.29, 0.717) is 12.8 Å². The molecular weight excluding hydrogens is 629 g/mol. The van der Waals surface area contributed by atoms with E-state index in [1.54, 1.807) is 20.8 Å². The van der Waals surface area contributed by atoms with E-state index in [-0.39, 0.29) is 32.4 Å². The van der Waals surface area contributed by atoms with Gasteiger partial charge in [-0.2, -0.15) is 13.2 Å². The number of carbonyl (C=O) groups excluding carboxylic acids is 2. The molecule has 1 aliphatic rings. The van der Waals surface area contributed by atoms with Crippen molar-refractivity contribution in [3.8, 4) is 0 Å². The monoisotopic (exact) mass is 674 g/mol. The van der Waals surface area contributed by atoms with E-state index in [4.69, 9.17) is 9.72 Å². The Bertz CT molecular complexity index is 1580. The molecule has 0 aliphatic carbocycles. The number of halogens is 3. The molecule has 1 saturated heterocycles. The number of likely N-dealkylation sites (tertiary alicyclic amines) is 1. The zero-order valence-electron chi connectivity index (χ0n) is 28.5. The molecule has 0 spiro atoms. The Morgan fingerprint density at radius 1 is 0.857 bits per heavy atom. The maximum atomic E-state index is 13.6. The van der Waals surface area contributed by atoms with Gasteiger partial charge in [-0.15, -0.1) is 0 Å². The van der Waals surface area contributed by atoms with E-state index < -0.39 is 41.3 Å². The van der Waals surface area contributed by atoms with Crippen molar-refractivity contribution in [2.45, 2.75) is 83.2 Å². The Labute approximate surface area is 286 Å². The van der Waals surface area contributed by atoms with Crippen LogP contribution >= 0.6 is 0 Å². The van der Waals surface area contributed by atoms with E-state index in [2.05, 4.69) is 46.3 Å². The highest BCUT2D eigenvalue weighted by Gasteiger charge is 2.43. The number of nitrogens with zero attached hydrogens (tertiary/aromatic N) is 3. The normalized spacial score (nSPS) is 15.1. The van der Waals surface area contributed by atoms with E-state index in [0.717, 1.165) is 28.1 Å². The number of rotatable bonds is 10. The molecule has 49 heavy (non-hydrogen) atoms. The molecule has 1 aromatic heterocycles. The lowest BCUT2D eigenvalue weighted by Gasteiger charge is -2.38. The van der Waals surface area contributed by atoms with Crippen molar-refractivity contribution in [1.82, 2.24) is 19.8 Å². The van der Waals surface area contributed by atoms with E-state index in [1.165, 1.54) is 4.90 Å². The second-order valence-electron chi connectivity index (χ2n) is 13.7. The summed E-state index contributed by atoms with van der Waals surface area (Å²) in [5.74, 6) is -1.83. The number of nitrogens with one attached hydrogen (secondary N) is 1. The average molecular weight is 675 g/mol. The minimum absolute atomic E-state index is 0.0143. The molecule has 4 aromatic rings. The largest absolute Gasteiger partial charge is 0.444 e. The first-order chi connectivity index (χ1) is 23.3. The van der Waals surface area contributed by atoms with Crippen LogP contribution in [0.5, 0.6) is 0 Å². The minimum atomic E-state index is -4.29. The average Bonchev–Trinajstić information content (AvgIpc) is 3.44. The molecule has 7 nitrogen and oxygen atoms in total. The van der Waals surface area contributed by atoms with Gasteiger partial charge in [0.2, 0.25) is 5.91 Å². The van der Waals surface area contributed by atoms with Crippen molar-refractivity contribution in [3.63, 3.8) is 0 Å². The number of amides is 2. The number of piperidine rings is 1. The van der Waals surface area contributed by atoms with Crippen molar-refractivity contribution >= 4 is 12.0 Å². The van der Waals surface area contributed by atoms with Crippen LogP contribution in [-0.4, -0.2) is 57.4 Å². The van der Waals surface area contributed by atoms with Crippen LogP contribution in [0, 0.1) is 12.8 Å². The van der Waals surface area contributed by atoms with Gasteiger partial charge < -0.3 is 19.5 Å². The van der Waals surface area contributed by atoms with Crippen LogP contribution in [-0.2, 0) is 21.5 Å². The Kier molecular flexibility index (Phi) is 10.8. The summed E-state index contributed by atoms with van der Waals surface area (Å²) in [6, 6.07) is 30.0. The molecule has 2 heterocycles. The van der Waals surface area contributed by atoms with Crippen LogP contribution in [0.1, 0.15) is 74.5 Å². The molecule has 1 aliphatic heterocycles. The van der Waals surface area contributed by atoms with Gasteiger partial charge >= 0.3 is 12.3 Å². The number of alkyl carbamates (subject to hydrolysis) is 1. The molecule has 10 heteroatoms. The Morgan fingerprint density at radius 2 is 1.35 bits per heavy atom. The van der Waals surface area contributed by atoms with Gasteiger partial charge in [0, 0.05) is 18.8 Å². The summed E-state index contributed by atoms with van der Waals surface area (Å²) >= 11 is 0. The first kappa shape index (κ1) is 35.7. The molecule has 1 atom stereocenters. The van der Waals surface area contributed by atoms with Gasteiger partial charge in [-0.3, -0.25) is 4.79 Å². The number of hydrogen-bond acceptors (Lipinski definition) is 4. The van der Waals surface area contributed by atoms with Gasteiger partial charge in [-0.05, 0) is 76.5 Å². The summed E-state index contributed by atoms with van der Waals surface area (Å²) in [5, 5.41) is 2.71. The van der Waals surface area contributed by atoms with E-state index >= 15 is 0 Å². The molecule has 0 bridgehead atoms. The van der Waals surface area contributed by atoms with Crippen molar-refractivity contribution in [2.24, 2.45) is 5.92 Å². The first-order valence-corrected chi connectivity index (χ1v) is 16.9. The third kappa shape index (κ3) is 8.17. The molecule has 0 saturated carbocycles. The van der Waals surface area contributed by atoms with Gasteiger partial charge in [0.15, 0.2) is 0 Å². The molecule has 5 rings (SSSR count). The van der Waals surface area contributed by atoms with Crippen LogP contribution in [0.3, 0.4) is 0 Å². The van der Waals surface area contributed by atoms with Crippen LogP contribution in [0.2, 0.25) is 0 Å². The van der Waals surface area contributed by atoms with Crippen LogP contribution in [0.25, 0.3) is 0 Å².